The quantitative estimate of drug-likeness (QED) is 0.802. The van der Waals surface area contributed by atoms with Crippen LogP contribution in [0.25, 0.3) is 0 Å². The topological polar surface area (TPSA) is 3.24 Å². The highest BCUT2D eigenvalue weighted by molar-refractivity contribution is 9.10. The van der Waals surface area contributed by atoms with Crippen molar-refractivity contribution < 1.29 is 4.39 Å². The van der Waals surface area contributed by atoms with Crippen molar-refractivity contribution in [3.63, 3.8) is 0 Å². The van der Waals surface area contributed by atoms with Crippen molar-refractivity contribution >= 4 is 15.9 Å². The standard InChI is InChI=1S/C13H15BrFN/c14-13-6-11(15)3-2-10(13)8-16-7-9-1-4-12(16)5-9/h2-3,6,9,12H,1,4-5,7-8H2. The molecule has 0 amide bonds. The van der Waals surface area contributed by atoms with Crippen molar-refractivity contribution in [2.45, 2.75) is 31.8 Å². The van der Waals surface area contributed by atoms with E-state index < -0.39 is 0 Å². The molecule has 2 aliphatic rings. The Labute approximate surface area is 104 Å². The molecule has 1 aromatic rings. The number of hydrogen-bond acceptors (Lipinski definition) is 1. The van der Waals surface area contributed by atoms with Gasteiger partial charge in [0, 0.05) is 23.6 Å². The minimum atomic E-state index is -0.168. The Hall–Kier alpha value is -0.410. The van der Waals surface area contributed by atoms with Gasteiger partial charge in [-0.15, -0.1) is 0 Å². The molecule has 2 atom stereocenters. The van der Waals surface area contributed by atoms with Crippen LogP contribution in [0.15, 0.2) is 22.7 Å². The van der Waals surface area contributed by atoms with Gasteiger partial charge in [0.15, 0.2) is 0 Å². The summed E-state index contributed by atoms with van der Waals surface area (Å²) >= 11 is 3.44. The summed E-state index contributed by atoms with van der Waals surface area (Å²) in [6, 6.07) is 5.78. The highest BCUT2D eigenvalue weighted by atomic mass is 79.9. The van der Waals surface area contributed by atoms with Gasteiger partial charge in [0.25, 0.3) is 0 Å². The number of halogens is 2. The Morgan fingerprint density at radius 2 is 2.25 bits per heavy atom. The van der Waals surface area contributed by atoms with E-state index in [0.717, 1.165) is 23.0 Å². The molecule has 1 aliphatic carbocycles. The highest BCUT2D eigenvalue weighted by Gasteiger charge is 2.37. The maximum Gasteiger partial charge on any atom is 0.124 e. The number of rotatable bonds is 2. The molecule has 1 nitrogen and oxygen atoms in total. The zero-order chi connectivity index (χ0) is 11.1. The molecular weight excluding hydrogens is 269 g/mol. The predicted octanol–water partition coefficient (Wildman–Crippen LogP) is 3.57. The van der Waals surface area contributed by atoms with Gasteiger partial charge in [-0.3, -0.25) is 4.90 Å². The third kappa shape index (κ3) is 1.91. The molecular formula is C13H15BrFN. The summed E-state index contributed by atoms with van der Waals surface area (Å²) in [6.45, 7) is 2.19. The van der Waals surface area contributed by atoms with Gasteiger partial charge < -0.3 is 0 Å². The van der Waals surface area contributed by atoms with Crippen LogP contribution >= 0.6 is 15.9 Å². The lowest BCUT2D eigenvalue weighted by molar-refractivity contribution is 0.205. The average molecular weight is 284 g/mol. The molecule has 2 unspecified atom stereocenters. The maximum atomic E-state index is 13.0. The smallest absolute Gasteiger partial charge is 0.124 e. The van der Waals surface area contributed by atoms with Crippen molar-refractivity contribution in [1.29, 1.82) is 0 Å². The summed E-state index contributed by atoms with van der Waals surface area (Å²) in [5.41, 5.74) is 1.20. The SMILES string of the molecule is Fc1ccc(CN2CC3CCC2C3)c(Br)c1. The summed E-state index contributed by atoms with van der Waals surface area (Å²) < 4.78 is 13.9. The van der Waals surface area contributed by atoms with Crippen LogP contribution in [-0.4, -0.2) is 17.5 Å². The lowest BCUT2D eigenvalue weighted by atomic mass is 10.1. The van der Waals surface area contributed by atoms with Crippen LogP contribution < -0.4 is 0 Å². The summed E-state index contributed by atoms with van der Waals surface area (Å²) in [7, 11) is 0. The van der Waals surface area contributed by atoms with E-state index in [1.807, 2.05) is 6.07 Å². The van der Waals surface area contributed by atoms with Gasteiger partial charge in [0.1, 0.15) is 5.82 Å². The van der Waals surface area contributed by atoms with Gasteiger partial charge in [0.05, 0.1) is 0 Å². The molecule has 2 bridgehead atoms. The van der Waals surface area contributed by atoms with Gasteiger partial charge in [-0.2, -0.15) is 0 Å². The van der Waals surface area contributed by atoms with Crippen molar-refractivity contribution in [2.75, 3.05) is 6.54 Å². The monoisotopic (exact) mass is 283 g/mol. The molecule has 0 N–H and O–H groups in total. The number of fused-ring (bicyclic) bond motifs is 2. The molecule has 1 aliphatic heterocycles. The van der Waals surface area contributed by atoms with Crippen molar-refractivity contribution in [3.05, 3.63) is 34.1 Å². The fourth-order valence-corrected chi connectivity index (χ4v) is 3.57. The molecule has 3 heteroatoms. The van der Waals surface area contributed by atoms with E-state index >= 15 is 0 Å². The summed E-state index contributed by atoms with van der Waals surface area (Å²) in [5.74, 6) is 0.753. The van der Waals surface area contributed by atoms with Crippen LogP contribution in [0, 0.1) is 11.7 Å². The zero-order valence-corrected chi connectivity index (χ0v) is 10.7. The minimum Gasteiger partial charge on any atom is -0.296 e. The number of piperidine rings is 1. The van der Waals surface area contributed by atoms with Gasteiger partial charge in [-0.25, -0.2) is 4.39 Å². The van der Waals surface area contributed by atoms with Crippen LogP contribution in [0.1, 0.15) is 24.8 Å². The minimum absolute atomic E-state index is 0.168. The highest BCUT2D eigenvalue weighted by Crippen LogP contribution is 2.38. The first kappa shape index (κ1) is 10.7. The van der Waals surface area contributed by atoms with Crippen molar-refractivity contribution in [1.82, 2.24) is 4.90 Å². The summed E-state index contributed by atoms with van der Waals surface area (Å²) in [6.07, 6.45) is 4.13. The lowest BCUT2D eigenvalue weighted by Crippen LogP contribution is -2.31. The van der Waals surface area contributed by atoms with Crippen molar-refractivity contribution in [3.8, 4) is 0 Å². The molecule has 86 valence electrons. The first-order valence-corrected chi connectivity index (χ1v) is 6.69. The number of likely N-dealkylation sites (tertiary alicyclic amines) is 1. The normalized spacial score (nSPS) is 28.9. The van der Waals surface area contributed by atoms with Crippen LogP contribution in [0.5, 0.6) is 0 Å². The number of benzene rings is 1. The summed E-state index contributed by atoms with van der Waals surface area (Å²) in [5, 5.41) is 0. The first-order chi connectivity index (χ1) is 7.72. The Morgan fingerprint density at radius 3 is 2.88 bits per heavy atom. The van der Waals surface area contributed by atoms with Crippen LogP contribution in [0.4, 0.5) is 4.39 Å². The van der Waals surface area contributed by atoms with E-state index in [9.17, 15) is 4.39 Å². The van der Waals surface area contributed by atoms with E-state index in [4.69, 9.17) is 0 Å². The van der Waals surface area contributed by atoms with E-state index in [2.05, 4.69) is 20.8 Å². The van der Waals surface area contributed by atoms with Crippen LogP contribution in [0.3, 0.4) is 0 Å². The predicted molar refractivity (Wildman–Crippen MR) is 65.6 cm³/mol. The van der Waals surface area contributed by atoms with E-state index in [0.29, 0.717) is 0 Å². The molecule has 16 heavy (non-hydrogen) atoms. The molecule has 0 radical (unpaired) electrons. The van der Waals surface area contributed by atoms with Gasteiger partial charge >= 0.3 is 0 Å². The van der Waals surface area contributed by atoms with E-state index in [-0.39, 0.29) is 5.82 Å². The largest absolute Gasteiger partial charge is 0.296 e. The molecule has 1 aromatic carbocycles. The molecule has 2 fully saturated rings. The van der Waals surface area contributed by atoms with Gasteiger partial charge in [-0.05, 0) is 42.9 Å². The van der Waals surface area contributed by atoms with Gasteiger partial charge in [-0.1, -0.05) is 22.0 Å². The van der Waals surface area contributed by atoms with Crippen LogP contribution in [0.2, 0.25) is 0 Å². The third-order valence-corrected chi connectivity index (χ3v) is 4.65. The fourth-order valence-electron chi connectivity index (χ4n) is 3.09. The zero-order valence-electron chi connectivity index (χ0n) is 9.13. The molecule has 0 aromatic heterocycles. The molecule has 0 spiro atoms. The van der Waals surface area contributed by atoms with E-state index in [1.54, 1.807) is 12.1 Å². The van der Waals surface area contributed by atoms with Crippen molar-refractivity contribution in [2.24, 2.45) is 5.92 Å². The summed E-state index contributed by atoms with van der Waals surface area (Å²) in [4.78, 5) is 2.55. The molecule has 1 saturated heterocycles. The van der Waals surface area contributed by atoms with E-state index in [1.165, 1.54) is 31.4 Å². The fraction of sp³-hybridized carbons (Fsp3) is 0.538. The maximum absolute atomic E-state index is 13.0. The Kier molecular flexibility index (Phi) is 2.76. The molecule has 1 saturated carbocycles. The second kappa shape index (κ2) is 4.11. The molecule has 1 heterocycles. The Bertz CT molecular complexity index is 407. The second-order valence-corrected chi connectivity index (χ2v) is 5.85. The average Bonchev–Trinajstić information content (AvgIpc) is 2.84. The van der Waals surface area contributed by atoms with Gasteiger partial charge in [0.2, 0.25) is 0 Å². The second-order valence-electron chi connectivity index (χ2n) is 5.00. The number of hydrogen-bond donors (Lipinski definition) is 0. The first-order valence-electron chi connectivity index (χ1n) is 5.90. The Balaban J connectivity index is 1.74. The van der Waals surface area contributed by atoms with Crippen LogP contribution in [-0.2, 0) is 6.54 Å². The third-order valence-electron chi connectivity index (χ3n) is 3.91. The Morgan fingerprint density at radius 1 is 1.38 bits per heavy atom. The molecule has 3 rings (SSSR count). The number of nitrogens with zero attached hydrogens (tertiary/aromatic N) is 1. The lowest BCUT2D eigenvalue weighted by Gasteiger charge is -2.27.